The summed E-state index contributed by atoms with van der Waals surface area (Å²) in [5, 5.41) is 0. The quantitative estimate of drug-likeness (QED) is 0.629. The van der Waals surface area contributed by atoms with E-state index >= 15 is 0 Å². The Kier molecular flexibility index (Phi) is 4.55. The summed E-state index contributed by atoms with van der Waals surface area (Å²) in [6.45, 7) is 5.23. The molecule has 0 unspecified atom stereocenters. The molecule has 1 aromatic rings. The van der Waals surface area contributed by atoms with E-state index in [2.05, 4.69) is 4.98 Å². The minimum Gasteiger partial charge on any atom is -0.454 e. The fraction of sp³-hybridized carbons (Fsp3) is 0.462. The number of carbonyl (C=O) groups excluding carboxylic acids is 2. The third-order valence-electron chi connectivity index (χ3n) is 2.49. The smallest absolute Gasteiger partial charge is 0.314 e. The summed E-state index contributed by atoms with van der Waals surface area (Å²) in [7, 11) is 0. The van der Waals surface area contributed by atoms with Crippen molar-refractivity contribution in [1.29, 1.82) is 0 Å². The van der Waals surface area contributed by atoms with E-state index in [4.69, 9.17) is 10.5 Å². The highest BCUT2D eigenvalue weighted by atomic mass is 16.6. The maximum Gasteiger partial charge on any atom is 0.314 e. The topological polar surface area (TPSA) is 82.3 Å². The second kappa shape index (κ2) is 5.73. The molecular weight excluding hydrogens is 232 g/mol. The van der Waals surface area contributed by atoms with Gasteiger partial charge in [-0.15, -0.1) is 0 Å². The molecule has 0 aliphatic heterocycles. The molecule has 0 radical (unpaired) electrons. The Morgan fingerprint density at radius 3 is 2.50 bits per heavy atom. The summed E-state index contributed by atoms with van der Waals surface area (Å²) in [5.41, 5.74) is 6.18. The highest BCUT2D eigenvalue weighted by Crippen LogP contribution is 2.24. The average molecular weight is 250 g/mol. The van der Waals surface area contributed by atoms with E-state index in [-0.39, 0.29) is 12.2 Å². The number of ether oxygens (including phenoxy) is 1. The zero-order valence-corrected chi connectivity index (χ0v) is 10.9. The lowest BCUT2D eigenvalue weighted by molar-refractivity contribution is -0.158. The van der Waals surface area contributed by atoms with Gasteiger partial charge in [-0.1, -0.05) is 6.07 Å². The summed E-state index contributed by atoms with van der Waals surface area (Å²) in [4.78, 5) is 26.5. The largest absolute Gasteiger partial charge is 0.454 e. The number of esters is 1. The molecule has 0 aliphatic carbocycles. The number of hydrogen-bond donors (Lipinski definition) is 1. The molecule has 0 spiro atoms. The minimum atomic E-state index is -0.813. The maximum absolute atomic E-state index is 11.5. The summed E-state index contributed by atoms with van der Waals surface area (Å²) in [6, 6.07) is 3.60. The molecule has 0 aliphatic rings. The molecule has 5 heteroatoms. The molecule has 0 saturated heterocycles. The molecule has 0 bridgehead atoms. The van der Waals surface area contributed by atoms with Crippen LogP contribution in [0.4, 0.5) is 0 Å². The van der Waals surface area contributed by atoms with Crippen LogP contribution in [0.1, 0.15) is 38.4 Å². The fourth-order valence-corrected chi connectivity index (χ4v) is 1.48. The van der Waals surface area contributed by atoms with Crippen molar-refractivity contribution in [3.8, 4) is 0 Å². The highest BCUT2D eigenvalue weighted by molar-refractivity contribution is 5.94. The third-order valence-corrected chi connectivity index (χ3v) is 2.49. The average Bonchev–Trinajstić information content (AvgIpc) is 2.27. The minimum absolute atomic E-state index is 0.211. The van der Waals surface area contributed by atoms with E-state index in [9.17, 15) is 9.59 Å². The van der Waals surface area contributed by atoms with E-state index in [0.29, 0.717) is 6.54 Å². The number of rotatable bonds is 5. The van der Waals surface area contributed by atoms with Crippen LogP contribution >= 0.6 is 0 Å². The molecule has 1 heterocycles. The first-order valence-corrected chi connectivity index (χ1v) is 5.72. The number of ketones is 1. The lowest BCUT2D eigenvalue weighted by Crippen LogP contribution is -2.26. The first-order valence-electron chi connectivity index (χ1n) is 5.72. The Hall–Kier alpha value is -1.75. The van der Waals surface area contributed by atoms with Gasteiger partial charge in [-0.25, -0.2) is 0 Å². The number of aromatic nitrogens is 1. The van der Waals surface area contributed by atoms with Gasteiger partial charge in [0.1, 0.15) is 17.8 Å². The van der Waals surface area contributed by atoms with E-state index < -0.39 is 11.6 Å². The van der Waals surface area contributed by atoms with Crippen molar-refractivity contribution in [3.05, 3.63) is 29.6 Å². The first-order chi connectivity index (χ1) is 8.35. The number of carbonyl (C=O) groups is 2. The number of pyridine rings is 1. The first kappa shape index (κ1) is 14.3. The van der Waals surface area contributed by atoms with Gasteiger partial charge in [-0.05, 0) is 26.8 Å². The van der Waals surface area contributed by atoms with Gasteiger partial charge in [0, 0.05) is 18.3 Å². The van der Waals surface area contributed by atoms with E-state index in [1.165, 1.54) is 6.92 Å². The Balaban J connectivity index is 2.78. The summed E-state index contributed by atoms with van der Waals surface area (Å²) >= 11 is 0. The van der Waals surface area contributed by atoms with Gasteiger partial charge in [0.25, 0.3) is 0 Å². The van der Waals surface area contributed by atoms with Crippen LogP contribution < -0.4 is 5.73 Å². The van der Waals surface area contributed by atoms with E-state index in [0.717, 1.165) is 11.3 Å². The van der Waals surface area contributed by atoms with Gasteiger partial charge in [0.15, 0.2) is 0 Å². The summed E-state index contributed by atoms with van der Waals surface area (Å²) in [5.74, 6) is -0.747. The maximum atomic E-state index is 11.5. The van der Waals surface area contributed by atoms with Crippen molar-refractivity contribution in [2.24, 2.45) is 5.73 Å². The van der Waals surface area contributed by atoms with Crippen molar-refractivity contribution in [2.45, 2.75) is 39.3 Å². The highest BCUT2D eigenvalue weighted by Gasteiger charge is 2.26. The summed E-state index contributed by atoms with van der Waals surface area (Å²) < 4.78 is 5.28. The van der Waals surface area contributed by atoms with Gasteiger partial charge in [-0.3, -0.25) is 14.6 Å². The predicted octanol–water partition coefficient (Wildman–Crippen LogP) is 1.30. The number of hydrogen-bond acceptors (Lipinski definition) is 5. The van der Waals surface area contributed by atoms with Crippen LogP contribution in [0.25, 0.3) is 0 Å². The van der Waals surface area contributed by atoms with Crippen LogP contribution in [0.15, 0.2) is 18.3 Å². The van der Waals surface area contributed by atoms with Crippen LogP contribution in [-0.4, -0.2) is 16.7 Å². The van der Waals surface area contributed by atoms with E-state index in [1.807, 2.05) is 6.07 Å². The van der Waals surface area contributed by atoms with Crippen LogP contribution in [-0.2, 0) is 26.5 Å². The van der Waals surface area contributed by atoms with Crippen LogP contribution in [0.2, 0.25) is 0 Å². The molecule has 1 rings (SSSR count). The van der Waals surface area contributed by atoms with Crippen molar-refractivity contribution >= 4 is 11.8 Å². The molecule has 0 aromatic carbocycles. The van der Waals surface area contributed by atoms with Gasteiger partial charge in [0.05, 0.1) is 5.69 Å². The molecule has 0 fully saturated rings. The number of Topliss-reactive ketones (excluding diaryl/α,β-unsaturated/α-hetero) is 1. The van der Waals surface area contributed by atoms with Crippen molar-refractivity contribution < 1.29 is 14.3 Å². The second-order valence-electron chi connectivity index (χ2n) is 4.61. The van der Waals surface area contributed by atoms with Gasteiger partial charge < -0.3 is 10.5 Å². The Labute approximate surface area is 106 Å². The molecule has 1 aromatic heterocycles. The normalized spacial score (nSPS) is 11.1. The Morgan fingerprint density at radius 2 is 2.06 bits per heavy atom. The Bertz CT molecular complexity index is 438. The number of nitrogens with zero attached hydrogens (tertiary/aromatic N) is 1. The van der Waals surface area contributed by atoms with Crippen LogP contribution in [0, 0.1) is 0 Å². The molecule has 0 saturated carbocycles. The zero-order chi connectivity index (χ0) is 13.8. The lowest BCUT2D eigenvalue weighted by Gasteiger charge is -2.25. The van der Waals surface area contributed by atoms with Gasteiger partial charge in [0.2, 0.25) is 0 Å². The van der Waals surface area contributed by atoms with Crippen molar-refractivity contribution in [2.75, 3.05) is 0 Å². The van der Waals surface area contributed by atoms with E-state index in [1.54, 1.807) is 26.1 Å². The van der Waals surface area contributed by atoms with Gasteiger partial charge >= 0.3 is 5.97 Å². The summed E-state index contributed by atoms with van der Waals surface area (Å²) in [6.07, 6.45) is 1.42. The third kappa shape index (κ3) is 3.92. The van der Waals surface area contributed by atoms with Crippen LogP contribution in [0.5, 0.6) is 0 Å². The monoisotopic (exact) mass is 250 g/mol. The van der Waals surface area contributed by atoms with Gasteiger partial charge in [-0.2, -0.15) is 0 Å². The van der Waals surface area contributed by atoms with Crippen LogP contribution in [0.3, 0.4) is 0 Å². The number of nitrogens with two attached hydrogens (primary N) is 1. The molecule has 2 N–H and O–H groups in total. The SMILES string of the molecule is CC(=O)CC(=O)OC(C)(C)c1ccc(CN)nc1. The molecule has 0 amide bonds. The standard InChI is InChI=1S/C13H18N2O3/c1-9(16)6-12(17)18-13(2,3)10-4-5-11(7-14)15-8-10/h4-5,8H,6-7,14H2,1-3H3. The Morgan fingerprint density at radius 1 is 1.39 bits per heavy atom. The molecule has 0 atom stereocenters. The predicted molar refractivity (Wildman–Crippen MR) is 66.5 cm³/mol. The lowest BCUT2D eigenvalue weighted by atomic mass is 9.99. The zero-order valence-electron chi connectivity index (χ0n) is 10.9. The molecule has 98 valence electrons. The van der Waals surface area contributed by atoms with Crippen molar-refractivity contribution in [3.63, 3.8) is 0 Å². The second-order valence-corrected chi connectivity index (χ2v) is 4.61. The fourth-order valence-electron chi connectivity index (χ4n) is 1.48. The molecule has 5 nitrogen and oxygen atoms in total. The molecular formula is C13H18N2O3. The molecule has 18 heavy (non-hydrogen) atoms. The van der Waals surface area contributed by atoms with Crippen molar-refractivity contribution in [1.82, 2.24) is 4.98 Å².